The second-order valence-electron chi connectivity index (χ2n) is 5.06. The molecule has 3 rings (SSSR count). The van der Waals surface area contributed by atoms with Crippen LogP contribution in [0, 0.1) is 13.8 Å². The number of carbonyl (C=O) groups is 1. The molecule has 1 aliphatic rings. The minimum absolute atomic E-state index is 0. The van der Waals surface area contributed by atoms with Crippen LogP contribution in [0.2, 0.25) is 0 Å². The van der Waals surface area contributed by atoms with Gasteiger partial charge in [0, 0.05) is 17.9 Å². The van der Waals surface area contributed by atoms with E-state index in [-0.39, 0.29) is 18.3 Å². The summed E-state index contributed by atoms with van der Waals surface area (Å²) in [6, 6.07) is 5.95. The molecule has 0 unspecified atom stereocenters. The van der Waals surface area contributed by atoms with Crippen LogP contribution in [-0.2, 0) is 6.42 Å². The molecule has 0 aliphatic carbocycles. The maximum atomic E-state index is 12.3. The highest BCUT2D eigenvalue weighted by Gasteiger charge is 2.18. The third-order valence-corrected chi connectivity index (χ3v) is 3.56. The van der Waals surface area contributed by atoms with Gasteiger partial charge in [0.2, 0.25) is 0 Å². The summed E-state index contributed by atoms with van der Waals surface area (Å²) >= 11 is 0. The maximum absolute atomic E-state index is 12.3. The number of rotatable bonds is 2. The largest absolute Gasteiger partial charge is 0.385 e. The summed E-state index contributed by atoms with van der Waals surface area (Å²) in [6.07, 6.45) is 2.16. The van der Waals surface area contributed by atoms with Crippen molar-refractivity contribution in [3.63, 3.8) is 0 Å². The number of hydrogen-bond donors (Lipinski definition) is 2. The molecule has 0 spiro atoms. The topological polar surface area (TPSA) is 67.2 Å². The SMILES string of the molecule is Cc1noc(C)c1C(=O)Nc1ccc2c(c1)CCCN2.Cl. The molecular formula is C15H18ClN3O2. The monoisotopic (exact) mass is 307 g/mol. The number of aromatic nitrogens is 1. The second kappa shape index (κ2) is 6.18. The molecule has 112 valence electrons. The molecule has 0 radical (unpaired) electrons. The number of aryl methyl sites for hydroxylation is 3. The van der Waals surface area contributed by atoms with Crippen LogP contribution >= 0.6 is 12.4 Å². The zero-order valence-corrected chi connectivity index (χ0v) is 12.8. The van der Waals surface area contributed by atoms with Crippen LogP contribution < -0.4 is 10.6 Å². The number of halogens is 1. The molecule has 0 atom stereocenters. The summed E-state index contributed by atoms with van der Waals surface area (Å²) in [4.78, 5) is 12.3. The minimum atomic E-state index is -0.176. The van der Waals surface area contributed by atoms with Crippen molar-refractivity contribution >= 4 is 29.7 Å². The van der Waals surface area contributed by atoms with E-state index in [1.165, 1.54) is 5.56 Å². The lowest BCUT2D eigenvalue weighted by Gasteiger charge is -2.18. The van der Waals surface area contributed by atoms with Crippen LogP contribution in [0.3, 0.4) is 0 Å². The first kappa shape index (κ1) is 15.4. The number of amides is 1. The molecule has 21 heavy (non-hydrogen) atoms. The van der Waals surface area contributed by atoms with Crippen LogP contribution in [0.25, 0.3) is 0 Å². The van der Waals surface area contributed by atoms with Gasteiger partial charge in [-0.3, -0.25) is 4.79 Å². The normalized spacial score (nSPS) is 12.9. The van der Waals surface area contributed by atoms with Crippen molar-refractivity contribution < 1.29 is 9.32 Å². The predicted octanol–water partition coefficient (Wildman–Crippen LogP) is 3.32. The highest BCUT2D eigenvalue weighted by atomic mass is 35.5. The van der Waals surface area contributed by atoms with E-state index < -0.39 is 0 Å². The zero-order valence-electron chi connectivity index (χ0n) is 12.0. The van der Waals surface area contributed by atoms with Crippen LogP contribution in [-0.4, -0.2) is 17.6 Å². The maximum Gasteiger partial charge on any atom is 0.261 e. The fraction of sp³-hybridized carbons (Fsp3) is 0.333. The average Bonchev–Trinajstić information content (AvgIpc) is 2.78. The fourth-order valence-electron chi connectivity index (χ4n) is 2.55. The minimum Gasteiger partial charge on any atom is -0.385 e. The van der Waals surface area contributed by atoms with Gasteiger partial charge in [-0.05, 0) is 50.5 Å². The second-order valence-corrected chi connectivity index (χ2v) is 5.06. The summed E-state index contributed by atoms with van der Waals surface area (Å²) in [6.45, 7) is 4.52. The Balaban J connectivity index is 0.00000161. The molecular weight excluding hydrogens is 290 g/mol. The van der Waals surface area contributed by atoms with E-state index in [2.05, 4.69) is 15.8 Å². The van der Waals surface area contributed by atoms with Crippen molar-refractivity contribution in [2.45, 2.75) is 26.7 Å². The zero-order chi connectivity index (χ0) is 14.1. The Morgan fingerprint density at radius 2 is 2.19 bits per heavy atom. The molecule has 0 saturated heterocycles. The van der Waals surface area contributed by atoms with E-state index in [9.17, 15) is 4.79 Å². The molecule has 0 fully saturated rings. The Morgan fingerprint density at radius 3 is 2.90 bits per heavy atom. The van der Waals surface area contributed by atoms with E-state index in [4.69, 9.17) is 4.52 Å². The van der Waals surface area contributed by atoms with Gasteiger partial charge in [0.1, 0.15) is 11.3 Å². The van der Waals surface area contributed by atoms with Gasteiger partial charge in [-0.2, -0.15) is 0 Å². The number of carbonyl (C=O) groups excluding carboxylic acids is 1. The van der Waals surface area contributed by atoms with Gasteiger partial charge in [-0.1, -0.05) is 5.16 Å². The first-order chi connectivity index (χ1) is 9.65. The van der Waals surface area contributed by atoms with E-state index in [0.717, 1.165) is 30.8 Å². The van der Waals surface area contributed by atoms with Crippen LogP contribution in [0.1, 0.15) is 33.8 Å². The third-order valence-electron chi connectivity index (χ3n) is 3.56. The Bertz CT molecular complexity index is 647. The lowest BCUT2D eigenvalue weighted by atomic mass is 10.0. The molecule has 0 saturated carbocycles. The predicted molar refractivity (Wildman–Crippen MR) is 84.4 cm³/mol. The van der Waals surface area contributed by atoms with Crippen molar-refractivity contribution in [2.75, 3.05) is 17.2 Å². The van der Waals surface area contributed by atoms with Crippen LogP contribution in [0.5, 0.6) is 0 Å². The molecule has 0 bridgehead atoms. The summed E-state index contributed by atoms with van der Waals surface area (Å²) in [7, 11) is 0. The van der Waals surface area contributed by atoms with Gasteiger partial charge in [0.15, 0.2) is 0 Å². The van der Waals surface area contributed by atoms with Crippen LogP contribution in [0.15, 0.2) is 22.7 Å². The first-order valence-electron chi connectivity index (χ1n) is 6.76. The molecule has 6 heteroatoms. The van der Waals surface area contributed by atoms with Gasteiger partial charge >= 0.3 is 0 Å². The van der Waals surface area contributed by atoms with Crippen LogP contribution in [0.4, 0.5) is 11.4 Å². The van der Waals surface area contributed by atoms with Gasteiger partial charge in [0.25, 0.3) is 5.91 Å². The van der Waals surface area contributed by atoms with E-state index in [1.807, 2.05) is 18.2 Å². The molecule has 2 heterocycles. The Kier molecular flexibility index (Phi) is 4.53. The lowest BCUT2D eigenvalue weighted by Crippen LogP contribution is -2.15. The highest BCUT2D eigenvalue weighted by molar-refractivity contribution is 6.05. The number of fused-ring (bicyclic) bond motifs is 1. The number of benzene rings is 1. The summed E-state index contributed by atoms with van der Waals surface area (Å²) in [5.74, 6) is 0.365. The van der Waals surface area contributed by atoms with Gasteiger partial charge < -0.3 is 15.2 Å². The Morgan fingerprint density at radius 1 is 1.38 bits per heavy atom. The van der Waals surface area contributed by atoms with Crippen molar-refractivity contribution in [2.24, 2.45) is 0 Å². The smallest absolute Gasteiger partial charge is 0.261 e. The molecule has 1 amide bonds. The number of anilines is 2. The standard InChI is InChI=1S/C15H17N3O2.ClH/c1-9-14(10(2)20-18-9)15(19)17-12-5-6-13-11(8-12)4-3-7-16-13;/h5-6,8,16H,3-4,7H2,1-2H3,(H,17,19);1H. The van der Waals surface area contributed by atoms with Crippen molar-refractivity contribution in [1.29, 1.82) is 0 Å². The molecule has 2 aromatic rings. The average molecular weight is 308 g/mol. The summed E-state index contributed by atoms with van der Waals surface area (Å²) in [5, 5.41) is 10.1. The number of nitrogens with zero attached hydrogens (tertiary/aromatic N) is 1. The Hall–Kier alpha value is -2.01. The van der Waals surface area contributed by atoms with E-state index >= 15 is 0 Å². The van der Waals surface area contributed by atoms with Crippen molar-refractivity contribution in [3.05, 3.63) is 40.8 Å². The van der Waals surface area contributed by atoms with E-state index in [1.54, 1.807) is 13.8 Å². The van der Waals surface area contributed by atoms with Gasteiger partial charge in [0.05, 0.1) is 5.69 Å². The van der Waals surface area contributed by atoms with Gasteiger partial charge in [-0.25, -0.2) is 0 Å². The quantitative estimate of drug-likeness (QED) is 0.893. The molecule has 2 N–H and O–H groups in total. The Labute approximate surface area is 129 Å². The molecule has 5 nitrogen and oxygen atoms in total. The van der Waals surface area contributed by atoms with Gasteiger partial charge in [-0.15, -0.1) is 12.4 Å². The lowest BCUT2D eigenvalue weighted by molar-refractivity contribution is 0.102. The number of hydrogen-bond acceptors (Lipinski definition) is 4. The third kappa shape index (κ3) is 3.03. The molecule has 1 aromatic carbocycles. The fourth-order valence-corrected chi connectivity index (χ4v) is 2.55. The first-order valence-corrected chi connectivity index (χ1v) is 6.76. The molecule has 1 aromatic heterocycles. The highest BCUT2D eigenvalue weighted by Crippen LogP contribution is 2.25. The van der Waals surface area contributed by atoms with E-state index in [0.29, 0.717) is 17.0 Å². The molecule has 1 aliphatic heterocycles. The summed E-state index contributed by atoms with van der Waals surface area (Å²) in [5.41, 5.74) is 4.33. The number of nitrogens with one attached hydrogen (secondary N) is 2. The summed E-state index contributed by atoms with van der Waals surface area (Å²) < 4.78 is 5.02. The van der Waals surface area contributed by atoms with Crippen molar-refractivity contribution in [3.8, 4) is 0 Å². The van der Waals surface area contributed by atoms with Crippen molar-refractivity contribution in [1.82, 2.24) is 5.16 Å².